The van der Waals surface area contributed by atoms with Crippen LogP contribution in [0.4, 0.5) is 10.5 Å². The van der Waals surface area contributed by atoms with Crippen LogP contribution in [0.1, 0.15) is 19.3 Å². The molecule has 0 radical (unpaired) electrons. The predicted octanol–water partition coefficient (Wildman–Crippen LogP) is 1.85. The molecule has 0 aromatic heterocycles. The maximum Gasteiger partial charge on any atom is 0.320 e. The lowest BCUT2D eigenvalue weighted by molar-refractivity contribution is -0.117. The molecule has 2 saturated heterocycles. The Bertz CT molecular complexity index is 549. The zero-order valence-corrected chi connectivity index (χ0v) is 14.1. The van der Waals surface area contributed by atoms with E-state index in [0.29, 0.717) is 19.6 Å². The highest BCUT2D eigenvalue weighted by atomic mass is 16.2. The minimum Gasteiger partial charge on any atom is -0.325 e. The molecule has 3 rings (SSSR count). The van der Waals surface area contributed by atoms with Gasteiger partial charge in [-0.05, 0) is 31.4 Å². The van der Waals surface area contributed by atoms with Gasteiger partial charge in [-0.15, -0.1) is 0 Å². The van der Waals surface area contributed by atoms with Crippen molar-refractivity contribution in [2.75, 3.05) is 51.1 Å². The van der Waals surface area contributed by atoms with Crippen LogP contribution in [-0.4, -0.2) is 72.5 Å². The number of likely N-dealkylation sites (tertiary alicyclic amines) is 1. The van der Waals surface area contributed by atoms with E-state index in [1.165, 1.54) is 6.42 Å². The summed E-state index contributed by atoms with van der Waals surface area (Å²) in [6.07, 6.45) is 3.46. The Balaban J connectivity index is 1.41. The smallest absolute Gasteiger partial charge is 0.320 e. The quantitative estimate of drug-likeness (QED) is 0.920. The molecule has 2 aliphatic heterocycles. The summed E-state index contributed by atoms with van der Waals surface area (Å²) in [6.45, 7) is 5.06. The molecular weight excluding hydrogens is 304 g/mol. The fraction of sp³-hybridized carbons (Fsp3) is 0.556. The van der Waals surface area contributed by atoms with E-state index < -0.39 is 0 Å². The topological polar surface area (TPSA) is 55.9 Å². The van der Waals surface area contributed by atoms with Crippen molar-refractivity contribution in [3.8, 4) is 0 Å². The third-order valence-electron chi connectivity index (χ3n) is 4.69. The van der Waals surface area contributed by atoms with E-state index in [9.17, 15) is 9.59 Å². The molecule has 0 bridgehead atoms. The van der Waals surface area contributed by atoms with Gasteiger partial charge in [0.2, 0.25) is 5.91 Å². The molecule has 1 N–H and O–H groups in total. The van der Waals surface area contributed by atoms with Gasteiger partial charge in [-0.3, -0.25) is 9.69 Å². The minimum absolute atomic E-state index is 0.00277. The molecule has 0 atom stereocenters. The Kier molecular flexibility index (Phi) is 5.69. The van der Waals surface area contributed by atoms with Crippen molar-refractivity contribution in [1.29, 1.82) is 0 Å². The molecule has 24 heavy (non-hydrogen) atoms. The van der Waals surface area contributed by atoms with Crippen LogP contribution >= 0.6 is 0 Å². The lowest BCUT2D eigenvalue weighted by atomic mass is 10.1. The van der Waals surface area contributed by atoms with Crippen LogP contribution in [0.2, 0.25) is 0 Å². The molecule has 6 heteroatoms. The fourth-order valence-electron chi connectivity index (χ4n) is 3.31. The molecule has 0 unspecified atom stereocenters. The minimum atomic E-state index is -0.00277. The molecule has 2 fully saturated rings. The summed E-state index contributed by atoms with van der Waals surface area (Å²) < 4.78 is 0. The van der Waals surface area contributed by atoms with Gasteiger partial charge in [-0.2, -0.15) is 0 Å². The van der Waals surface area contributed by atoms with Gasteiger partial charge in [0, 0.05) is 45.0 Å². The maximum atomic E-state index is 12.5. The van der Waals surface area contributed by atoms with Crippen molar-refractivity contribution in [1.82, 2.24) is 14.7 Å². The van der Waals surface area contributed by atoms with Crippen molar-refractivity contribution in [3.63, 3.8) is 0 Å². The number of piperidine rings is 1. The molecule has 130 valence electrons. The summed E-state index contributed by atoms with van der Waals surface area (Å²) in [6, 6.07) is 9.67. The molecule has 6 nitrogen and oxygen atoms in total. The number of rotatable bonds is 3. The third kappa shape index (κ3) is 4.47. The summed E-state index contributed by atoms with van der Waals surface area (Å²) in [5, 5.41) is 2.91. The van der Waals surface area contributed by atoms with Gasteiger partial charge in [0.1, 0.15) is 0 Å². The van der Waals surface area contributed by atoms with E-state index in [4.69, 9.17) is 0 Å². The molecule has 1 aromatic carbocycles. The van der Waals surface area contributed by atoms with Crippen LogP contribution in [0.3, 0.4) is 0 Å². The second-order valence-electron chi connectivity index (χ2n) is 6.51. The zero-order valence-electron chi connectivity index (χ0n) is 14.1. The van der Waals surface area contributed by atoms with Gasteiger partial charge in [-0.1, -0.05) is 18.2 Å². The molecular formula is C18H26N4O2. The van der Waals surface area contributed by atoms with Crippen molar-refractivity contribution in [2.45, 2.75) is 19.3 Å². The summed E-state index contributed by atoms with van der Waals surface area (Å²) >= 11 is 0. The Morgan fingerprint density at radius 1 is 0.833 bits per heavy atom. The number of benzene rings is 1. The van der Waals surface area contributed by atoms with E-state index in [0.717, 1.165) is 44.7 Å². The number of piperazine rings is 1. The number of anilines is 1. The van der Waals surface area contributed by atoms with Gasteiger partial charge in [0.15, 0.2) is 0 Å². The van der Waals surface area contributed by atoms with Gasteiger partial charge in [0.05, 0.1) is 6.54 Å². The molecule has 0 spiro atoms. The Hall–Kier alpha value is -2.08. The number of para-hydroxylation sites is 1. The SMILES string of the molecule is O=C(CN1CCN(C(=O)N2CCCCC2)CC1)Nc1ccccc1. The van der Waals surface area contributed by atoms with Crippen LogP contribution in [-0.2, 0) is 4.79 Å². The van der Waals surface area contributed by atoms with Gasteiger partial charge in [-0.25, -0.2) is 4.79 Å². The van der Waals surface area contributed by atoms with Crippen LogP contribution in [0.5, 0.6) is 0 Å². The first-order valence-corrected chi connectivity index (χ1v) is 8.83. The maximum absolute atomic E-state index is 12.5. The Labute approximate surface area is 143 Å². The molecule has 2 heterocycles. The van der Waals surface area contributed by atoms with Crippen LogP contribution < -0.4 is 5.32 Å². The average Bonchev–Trinajstić information content (AvgIpc) is 2.63. The molecule has 0 saturated carbocycles. The number of hydrogen-bond donors (Lipinski definition) is 1. The highest BCUT2D eigenvalue weighted by Crippen LogP contribution is 2.13. The Morgan fingerprint density at radius 3 is 2.12 bits per heavy atom. The number of carbonyl (C=O) groups is 2. The number of nitrogens with zero attached hydrogens (tertiary/aromatic N) is 3. The lowest BCUT2D eigenvalue weighted by Crippen LogP contribution is -2.54. The number of urea groups is 1. The average molecular weight is 330 g/mol. The first kappa shape index (κ1) is 16.8. The number of carbonyl (C=O) groups excluding carboxylic acids is 2. The summed E-state index contributed by atoms with van der Waals surface area (Å²) in [4.78, 5) is 30.6. The van der Waals surface area contributed by atoms with Crippen molar-refractivity contribution in [3.05, 3.63) is 30.3 Å². The van der Waals surface area contributed by atoms with E-state index in [1.54, 1.807) is 0 Å². The number of hydrogen-bond acceptors (Lipinski definition) is 3. The second-order valence-corrected chi connectivity index (χ2v) is 6.51. The summed E-state index contributed by atoms with van der Waals surface area (Å²) in [5.74, 6) is -0.00277. The van der Waals surface area contributed by atoms with Crippen LogP contribution in [0.15, 0.2) is 30.3 Å². The zero-order chi connectivity index (χ0) is 16.8. The van der Waals surface area contributed by atoms with E-state index >= 15 is 0 Å². The molecule has 0 aliphatic carbocycles. The number of amides is 3. The largest absolute Gasteiger partial charge is 0.325 e. The van der Waals surface area contributed by atoms with Crippen LogP contribution in [0.25, 0.3) is 0 Å². The van der Waals surface area contributed by atoms with Gasteiger partial charge in [0.25, 0.3) is 0 Å². The molecule has 2 aliphatic rings. The highest BCUT2D eigenvalue weighted by molar-refractivity contribution is 5.92. The Morgan fingerprint density at radius 2 is 1.46 bits per heavy atom. The number of nitrogens with one attached hydrogen (secondary N) is 1. The highest BCUT2D eigenvalue weighted by Gasteiger charge is 2.26. The first-order valence-electron chi connectivity index (χ1n) is 8.83. The van der Waals surface area contributed by atoms with Gasteiger partial charge < -0.3 is 15.1 Å². The first-order chi connectivity index (χ1) is 11.7. The van der Waals surface area contributed by atoms with Crippen molar-refractivity contribution >= 4 is 17.6 Å². The third-order valence-corrected chi connectivity index (χ3v) is 4.69. The second kappa shape index (κ2) is 8.15. The lowest BCUT2D eigenvalue weighted by Gasteiger charge is -2.38. The monoisotopic (exact) mass is 330 g/mol. The molecule has 3 amide bonds. The van der Waals surface area contributed by atoms with Gasteiger partial charge >= 0.3 is 6.03 Å². The van der Waals surface area contributed by atoms with E-state index in [-0.39, 0.29) is 11.9 Å². The summed E-state index contributed by atoms with van der Waals surface area (Å²) in [7, 11) is 0. The predicted molar refractivity (Wildman–Crippen MR) is 93.9 cm³/mol. The summed E-state index contributed by atoms with van der Waals surface area (Å²) in [5.41, 5.74) is 0.821. The van der Waals surface area contributed by atoms with Crippen molar-refractivity contribution in [2.24, 2.45) is 0 Å². The molecule has 1 aromatic rings. The van der Waals surface area contributed by atoms with Crippen molar-refractivity contribution < 1.29 is 9.59 Å². The standard InChI is InChI=1S/C18H26N4O2/c23-17(19-16-7-3-1-4-8-16)15-20-11-13-22(14-12-20)18(24)21-9-5-2-6-10-21/h1,3-4,7-8H,2,5-6,9-15H2,(H,19,23). The fourth-order valence-corrected chi connectivity index (χ4v) is 3.31. The van der Waals surface area contributed by atoms with Crippen LogP contribution in [0, 0.1) is 0 Å². The van der Waals surface area contributed by atoms with E-state index in [2.05, 4.69) is 10.2 Å². The van der Waals surface area contributed by atoms with E-state index in [1.807, 2.05) is 40.1 Å². The normalized spacial score (nSPS) is 19.2.